The quantitative estimate of drug-likeness (QED) is 0.269. The summed E-state index contributed by atoms with van der Waals surface area (Å²) in [6, 6.07) is 0. The molecule has 1 unspecified atom stereocenters. The third-order valence-corrected chi connectivity index (χ3v) is 41.4. The van der Waals surface area contributed by atoms with Gasteiger partial charge in [-0.05, 0) is 49.9 Å². The zero-order valence-corrected chi connectivity index (χ0v) is 43.1. The second-order valence-electron chi connectivity index (χ2n) is 15.6. The molecule has 1 fully saturated rings. The fourth-order valence-corrected chi connectivity index (χ4v) is 48.9. The van der Waals surface area contributed by atoms with Crippen molar-refractivity contribution in [2.24, 2.45) is 0 Å². The van der Waals surface area contributed by atoms with Crippen LogP contribution in [0.1, 0.15) is 125 Å². The van der Waals surface area contributed by atoms with Crippen LogP contribution in [0.4, 0.5) is 0 Å². The summed E-state index contributed by atoms with van der Waals surface area (Å²) in [7, 11) is -18.8. The van der Waals surface area contributed by atoms with Crippen LogP contribution < -0.4 is 0 Å². The normalized spacial score (nSPS) is 26.6. The van der Waals surface area contributed by atoms with Crippen LogP contribution in [0.2, 0.25) is 49.9 Å². The molecule has 0 saturated carbocycles. The van der Waals surface area contributed by atoms with Gasteiger partial charge in [-0.15, -0.1) is 0 Å². The van der Waals surface area contributed by atoms with Crippen LogP contribution in [0.3, 0.4) is 0 Å². The Labute approximate surface area is 293 Å². The van der Waals surface area contributed by atoms with E-state index >= 15 is 0 Å². The minimum absolute atomic E-state index is 0.184. The van der Waals surface area contributed by atoms with Crippen molar-refractivity contribution in [2.45, 2.75) is 174 Å². The summed E-state index contributed by atoms with van der Waals surface area (Å²) in [4.78, 5) is 0. The van der Waals surface area contributed by atoms with Gasteiger partial charge in [-0.25, -0.2) is 0 Å². The van der Waals surface area contributed by atoms with Gasteiger partial charge in [0.25, 0.3) is 40.0 Å². The van der Waals surface area contributed by atoms with E-state index in [-0.39, 0.29) is 49.9 Å². The van der Waals surface area contributed by atoms with Crippen LogP contribution in [0.25, 0.3) is 0 Å². The monoisotopic (exact) mass is 792 g/mol. The standard InChI is InChI=1S/C27H72O9Si9/c1-19(2)41-31-39-29-37-28-38-30-40-32-42(20(3)4,21(5)6)34-44(24(11)12,25(13)14)36-45(26(15)16,27(17)18)35-43(33-41,22(7)8)23(9)10/h19-27,41H,37-40H2,1-18H3. The van der Waals surface area contributed by atoms with Crippen molar-refractivity contribution in [3.05, 3.63) is 0 Å². The molecule has 18 heteroatoms. The fraction of sp³-hybridized carbons (Fsp3) is 1.00. The van der Waals surface area contributed by atoms with Gasteiger partial charge in [0.15, 0.2) is 0 Å². The van der Waals surface area contributed by atoms with Crippen molar-refractivity contribution in [2.75, 3.05) is 0 Å². The minimum Gasteiger partial charge on any atom is -0.425 e. The zero-order chi connectivity index (χ0) is 35.0. The second-order valence-corrected chi connectivity index (χ2v) is 44.4. The Hall–Kier alpha value is 1.59. The molecule has 0 N–H and O–H groups in total. The van der Waals surface area contributed by atoms with Crippen molar-refractivity contribution in [3.8, 4) is 0 Å². The Balaban J connectivity index is 4.13. The molecule has 0 aromatic rings. The van der Waals surface area contributed by atoms with Crippen LogP contribution >= 0.6 is 0 Å². The molecular formula is C27H72O9Si9. The molecule has 270 valence electrons. The molecule has 0 spiro atoms. The first-order valence-electron chi connectivity index (χ1n) is 17.4. The number of hydrogen-bond donors (Lipinski definition) is 0. The first kappa shape index (κ1) is 44.6. The highest BCUT2D eigenvalue weighted by atomic mass is 28.5. The minimum atomic E-state index is -3.04. The van der Waals surface area contributed by atoms with Gasteiger partial charge in [-0.1, -0.05) is 125 Å². The largest absolute Gasteiger partial charge is 0.425 e. The Bertz CT molecular complexity index is 817. The van der Waals surface area contributed by atoms with E-state index in [2.05, 4.69) is 125 Å². The van der Waals surface area contributed by atoms with E-state index in [0.29, 0.717) is 0 Å². The summed E-state index contributed by atoms with van der Waals surface area (Å²) in [5.74, 6) is 0. The molecule has 1 aliphatic rings. The third kappa shape index (κ3) is 10.8. The third-order valence-electron chi connectivity index (χ3n) is 9.26. The molecule has 0 aromatic carbocycles. The lowest BCUT2D eigenvalue weighted by Gasteiger charge is -2.55. The molecule has 1 rings (SSSR count). The summed E-state index contributed by atoms with van der Waals surface area (Å²) in [5.41, 5.74) is 1.90. The van der Waals surface area contributed by atoms with Gasteiger partial charge >= 0.3 is 43.5 Å². The first-order chi connectivity index (χ1) is 20.7. The average Bonchev–Trinajstić information content (AvgIpc) is 2.91. The highest BCUT2D eigenvalue weighted by molar-refractivity contribution is 6.93. The van der Waals surface area contributed by atoms with Gasteiger partial charge in [-0.2, -0.15) is 0 Å². The summed E-state index contributed by atoms with van der Waals surface area (Å²) < 4.78 is 62.7. The van der Waals surface area contributed by atoms with E-state index < -0.39 is 83.6 Å². The summed E-state index contributed by atoms with van der Waals surface area (Å²) in [5, 5.41) is 0. The Morgan fingerprint density at radius 1 is 0.378 bits per heavy atom. The van der Waals surface area contributed by atoms with Crippen LogP contribution in [0.5, 0.6) is 0 Å². The first-order valence-corrected chi connectivity index (χ1v) is 31.6. The predicted octanol–water partition coefficient (Wildman–Crippen LogP) is 5.82. The topological polar surface area (TPSA) is 83.1 Å². The van der Waals surface area contributed by atoms with Crippen LogP contribution in [-0.4, -0.2) is 83.6 Å². The molecule has 0 aliphatic carbocycles. The van der Waals surface area contributed by atoms with Crippen molar-refractivity contribution >= 4 is 83.6 Å². The van der Waals surface area contributed by atoms with Crippen molar-refractivity contribution in [3.63, 3.8) is 0 Å². The van der Waals surface area contributed by atoms with E-state index in [0.717, 1.165) is 0 Å². The van der Waals surface area contributed by atoms with Gasteiger partial charge in [0.1, 0.15) is 0 Å². The van der Waals surface area contributed by atoms with E-state index in [1.165, 1.54) is 0 Å². The number of rotatable bonds is 9. The van der Waals surface area contributed by atoms with Crippen LogP contribution in [0, 0.1) is 0 Å². The zero-order valence-electron chi connectivity index (χ0n) is 32.3. The second kappa shape index (κ2) is 19.3. The molecule has 1 heterocycles. The highest BCUT2D eigenvalue weighted by Crippen LogP contribution is 2.51. The predicted molar refractivity (Wildman–Crippen MR) is 210 cm³/mol. The van der Waals surface area contributed by atoms with Gasteiger partial charge in [0.05, 0.1) is 0 Å². The smallest absolute Gasteiger partial charge is 0.325 e. The average molecular weight is 794 g/mol. The summed E-state index contributed by atoms with van der Waals surface area (Å²) in [6.07, 6.45) is 0. The van der Waals surface area contributed by atoms with E-state index in [9.17, 15) is 0 Å². The highest BCUT2D eigenvalue weighted by Gasteiger charge is 2.64. The number of hydrogen-bond acceptors (Lipinski definition) is 9. The molecule has 1 saturated heterocycles. The van der Waals surface area contributed by atoms with E-state index in [1.807, 2.05) is 0 Å². The Morgan fingerprint density at radius 3 is 1.04 bits per heavy atom. The Morgan fingerprint density at radius 2 is 0.689 bits per heavy atom. The summed E-state index contributed by atoms with van der Waals surface area (Å²) >= 11 is 0. The molecule has 0 aromatic heterocycles. The SMILES string of the molecule is CC(C)[SiH]1O[SiH2]O[SiH2]O[SiH2]O[SiH2]O[Si](C(C)C)(C(C)C)O[Si](C(C)C)(C(C)C)O[Si](C(C)C)(C(C)C)O[Si](C(C)C)(C(C)C)O1. The molecule has 1 aliphatic heterocycles. The fourth-order valence-electron chi connectivity index (χ4n) is 6.54. The Kier molecular flexibility index (Phi) is 19.1. The molecule has 45 heavy (non-hydrogen) atoms. The van der Waals surface area contributed by atoms with Crippen LogP contribution in [-0.2, 0) is 37.0 Å². The van der Waals surface area contributed by atoms with Gasteiger partial charge in [0.2, 0.25) is 0 Å². The van der Waals surface area contributed by atoms with Crippen molar-refractivity contribution in [1.82, 2.24) is 0 Å². The van der Waals surface area contributed by atoms with E-state index in [1.54, 1.807) is 0 Å². The summed E-state index contributed by atoms with van der Waals surface area (Å²) in [6.45, 7) is 41.0. The lowest BCUT2D eigenvalue weighted by atomic mass is 10.5. The molecule has 0 bridgehead atoms. The molecule has 1 atom stereocenters. The van der Waals surface area contributed by atoms with Crippen LogP contribution in [0.15, 0.2) is 0 Å². The van der Waals surface area contributed by atoms with Gasteiger partial charge in [-0.3, -0.25) is 0 Å². The molecular weight excluding hydrogens is 721 g/mol. The van der Waals surface area contributed by atoms with Gasteiger partial charge < -0.3 is 37.0 Å². The van der Waals surface area contributed by atoms with Crippen molar-refractivity contribution in [1.29, 1.82) is 0 Å². The lowest BCUT2D eigenvalue weighted by Crippen LogP contribution is -2.70. The lowest BCUT2D eigenvalue weighted by molar-refractivity contribution is 0.211. The maximum absolute atomic E-state index is 7.99. The maximum atomic E-state index is 7.99. The molecule has 0 amide bonds. The van der Waals surface area contributed by atoms with Crippen molar-refractivity contribution < 1.29 is 37.0 Å². The molecule has 0 radical (unpaired) electrons. The molecule has 9 nitrogen and oxygen atoms in total. The van der Waals surface area contributed by atoms with E-state index in [4.69, 9.17) is 37.0 Å². The van der Waals surface area contributed by atoms with Gasteiger partial charge in [0, 0.05) is 0 Å². The maximum Gasteiger partial charge on any atom is 0.325 e.